The van der Waals surface area contributed by atoms with E-state index >= 15 is 0 Å². The Bertz CT molecular complexity index is 177. The average Bonchev–Trinajstić information content (AvgIpc) is 2.19. The van der Waals surface area contributed by atoms with Crippen molar-refractivity contribution in [3.63, 3.8) is 0 Å². The molecule has 1 fully saturated rings. The molecule has 6 heteroatoms. The third-order valence-electron chi connectivity index (χ3n) is 2.18. The largest absolute Gasteiger partial charge is 0.395 e. The maximum atomic E-state index is 9.62. The van der Waals surface area contributed by atoms with Crippen LogP contribution in [-0.4, -0.2) is 60.9 Å². The first-order chi connectivity index (χ1) is 6.61. The molecular weight excluding hydrogens is 224 g/mol. The second-order valence-corrected chi connectivity index (χ2v) is 6.26. The van der Waals surface area contributed by atoms with E-state index in [-0.39, 0.29) is 11.2 Å². The van der Waals surface area contributed by atoms with Gasteiger partial charge in [0.2, 0.25) is 0 Å². The molecule has 0 aromatic heterocycles. The number of hydrogen-bond acceptors (Lipinski definition) is 6. The highest BCUT2D eigenvalue weighted by atomic mass is 32.2. The van der Waals surface area contributed by atoms with Crippen LogP contribution in [0.4, 0.5) is 0 Å². The fourth-order valence-corrected chi connectivity index (χ4v) is 4.28. The topological polar surface area (TPSA) is 80.9 Å². The smallest absolute Gasteiger partial charge is 0.109 e. The molecule has 1 aliphatic heterocycles. The zero-order chi connectivity index (χ0) is 10.7. The molecule has 0 aliphatic carbocycles. The average molecular weight is 240 g/mol. The van der Waals surface area contributed by atoms with Crippen molar-refractivity contribution in [1.29, 1.82) is 0 Å². The molecule has 0 aromatic rings. The number of hydrogen-bond donors (Lipinski definition) is 4. The van der Waals surface area contributed by atoms with E-state index in [4.69, 9.17) is 5.11 Å². The van der Waals surface area contributed by atoms with Crippen molar-refractivity contribution >= 4 is 23.5 Å². The van der Waals surface area contributed by atoms with Gasteiger partial charge >= 0.3 is 0 Å². The van der Waals surface area contributed by atoms with Gasteiger partial charge in [0.25, 0.3) is 0 Å². The lowest BCUT2D eigenvalue weighted by molar-refractivity contribution is -0.0624. The molecule has 84 valence electrons. The van der Waals surface area contributed by atoms with Crippen molar-refractivity contribution in [2.75, 3.05) is 12.4 Å². The third-order valence-corrected chi connectivity index (χ3v) is 5.19. The molecule has 1 heterocycles. The lowest BCUT2D eigenvalue weighted by atomic mass is 10.1. The second-order valence-electron chi connectivity index (χ2n) is 3.15. The summed E-state index contributed by atoms with van der Waals surface area (Å²) in [7, 11) is 0. The van der Waals surface area contributed by atoms with E-state index in [1.807, 2.05) is 6.92 Å². The van der Waals surface area contributed by atoms with E-state index in [1.165, 1.54) is 23.5 Å². The molecule has 1 aliphatic rings. The number of aliphatic hydroxyl groups is 4. The lowest BCUT2D eigenvalue weighted by Gasteiger charge is -2.38. The molecule has 1 rings (SSSR count). The highest BCUT2D eigenvalue weighted by Crippen LogP contribution is 2.38. The molecule has 0 spiro atoms. The summed E-state index contributed by atoms with van der Waals surface area (Å²) >= 11 is 2.84. The first-order valence-corrected chi connectivity index (χ1v) is 6.53. The van der Waals surface area contributed by atoms with Crippen LogP contribution in [-0.2, 0) is 0 Å². The summed E-state index contributed by atoms with van der Waals surface area (Å²) in [6.45, 7) is 1.78. The maximum absolute atomic E-state index is 9.62. The van der Waals surface area contributed by atoms with Crippen LogP contribution >= 0.6 is 23.5 Å². The summed E-state index contributed by atoms with van der Waals surface area (Å²) in [5.74, 6) is 0.829. The van der Waals surface area contributed by atoms with Gasteiger partial charge in [0.1, 0.15) is 12.2 Å². The van der Waals surface area contributed by atoms with Gasteiger partial charge in [-0.05, 0) is 5.75 Å². The summed E-state index contributed by atoms with van der Waals surface area (Å²) in [5.41, 5.74) is 0. The van der Waals surface area contributed by atoms with E-state index in [2.05, 4.69) is 0 Å². The molecule has 0 radical (unpaired) electrons. The Kier molecular flexibility index (Phi) is 5.02. The van der Waals surface area contributed by atoms with Crippen LogP contribution in [0, 0.1) is 0 Å². The van der Waals surface area contributed by atoms with E-state index in [0.29, 0.717) is 0 Å². The first-order valence-electron chi connectivity index (χ1n) is 4.54. The van der Waals surface area contributed by atoms with Crippen LogP contribution in [0.1, 0.15) is 6.92 Å². The van der Waals surface area contributed by atoms with Crippen LogP contribution in [0.3, 0.4) is 0 Å². The van der Waals surface area contributed by atoms with E-state index in [9.17, 15) is 15.3 Å². The summed E-state index contributed by atoms with van der Waals surface area (Å²) < 4.78 is -0.171. The first kappa shape index (κ1) is 12.6. The molecule has 0 amide bonds. The molecule has 0 bridgehead atoms. The van der Waals surface area contributed by atoms with Gasteiger partial charge in [-0.15, -0.1) is 23.5 Å². The Morgan fingerprint density at radius 2 is 1.79 bits per heavy atom. The van der Waals surface area contributed by atoms with E-state index < -0.39 is 23.6 Å². The third kappa shape index (κ3) is 2.56. The van der Waals surface area contributed by atoms with Crippen LogP contribution in [0.2, 0.25) is 0 Å². The summed E-state index contributed by atoms with van der Waals surface area (Å²) in [6, 6.07) is 0. The Balaban J connectivity index is 2.63. The summed E-state index contributed by atoms with van der Waals surface area (Å²) in [6.07, 6.45) is -3.13. The number of rotatable bonds is 3. The van der Waals surface area contributed by atoms with Crippen LogP contribution in [0.15, 0.2) is 0 Å². The van der Waals surface area contributed by atoms with Gasteiger partial charge in [0, 0.05) is 0 Å². The SMILES string of the molecule is CCS[C@@H]1S[C@@H](CO)[C@H](O)[C@H](O)[C@H]1O. The van der Waals surface area contributed by atoms with Crippen molar-refractivity contribution in [3.8, 4) is 0 Å². The van der Waals surface area contributed by atoms with E-state index in [0.717, 1.165) is 5.75 Å². The van der Waals surface area contributed by atoms with Gasteiger partial charge in [-0.1, -0.05) is 6.92 Å². The van der Waals surface area contributed by atoms with Gasteiger partial charge in [0.05, 0.1) is 22.5 Å². The standard InChI is InChI=1S/C8H16O4S2/c1-2-13-8-7(12)6(11)5(10)4(3-9)14-8/h4-12H,2-3H2,1H3/t4-,5-,6-,7+,8+/m0/s1. The van der Waals surface area contributed by atoms with Crippen molar-refractivity contribution in [1.82, 2.24) is 0 Å². The lowest BCUT2D eigenvalue weighted by Crippen LogP contribution is -2.53. The normalized spacial score (nSPS) is 43.9. The Labute approximate surface area is 91.7 Å². The molecular formula is C8H16O4S2. The predicted octanol–water partition coefficient (Wildman–Crippen LogP) is -0.744. The van der Waals surface area contributed by atoms with Gasteiger partial charge in [-0.3, -0.25) is 0 Å². The summed E-state index contributed by atoms with van der Waals surface area (Å²) in [5, 5.41) is 37.2. The Morgan fingerprint density at radius 1 is 1.14 bits per heavy atom. The number of thioether (sulfide) groups is 2. The van der Waals surface area contributed by atoms with Crippen LogP contribution < -0.4 is 0 Å². The Morgan fingerprint density at radius 3 is 2.29 bits per heavy atom. The second kappa shape index (κ2) is 5.58. The predicted molar refractivity (Wildman–Crippen MR) is 58.4 cm³/mol. The summed E-state index contributed by atoms with van der Waals surface area (Å²) in [4.78, 5) is 0. The van der Waals surface area contributed by atoms with Crippen molar-refractivity contribution in [3.05, 3.63) is 0 Å². The van der Waals surface area contributed by atoms with E-state index in [1.54, 1.807) is 0 Å². The minimum atomic E-state index is -1.16. The molecule has 0 unspecified atom stereocenters. The molecule has 4 N–H and O–H groups in total. The van der Waals surface area contributed by atoms with Gasteiger partial charge in [0.15, 0.2) is 0 Å². The highest BCUT2D eigenvalue weighted by molar-refractivity contribution is 8.17. The van der Waals surface area contributed by atoms with Crippen molar-refractivity contribution in [2.24, 2.45) is 0 Å². The highest BCUT2D eigenvalue weighted by Gasteiger charge is 2.42. The molecule has 0 saturated carbocycles. The Hall–Kier alpha value is 0.540. The van der Waals surface area contributed by atoms with Gasteiger partial charge < -0.3 is 20.4 Å². The van der Waals surface area contributed by atoms with Crippen molar-refractivity contribution < 1.29 is 20.4 Å². The fourth-order valence-electron chi connectivity index (χ4n) is 1.37. The molecule has 14 heavy (non-hydrogen) atoms. The van der Waals surface area contributed by atoms with Gasteiger partial charge in [-0.25, -0.2) is 0 Å². The molecule has 5 atom stereocenters. The molecule has 4 nitrogen and oxygen atoms in total. The number of aliphatic hydroxyl groups excluding tert-OH is 4. The molecule has 0 aromatic carbocycles. The monoisotopic (exact) mass is 240 g/mol. The maximum Gasteiger partial charge on any atom is 0.109 e. The zero-order valence-corrected chi connectivity index (χ0v) is 9.54. The zero-order valence-electron chi connectivity index (χ0n) is 7.91. The fraction of sp³-hybridized carbons (Fsp3) is 1.00. The quantitative estimate of drug-likeness (QED) is 0.520. The van der Waals surface area contributed by atoms with Crippen LogP contribution in [0.25, 0.3) is 0 Å². The van der Waals surface area contributed by atoms with Crippen LogP contribution in [0.5, 0.6) is 0 Å². The van der Waals surface area contributed by atoms with Crippen molar-refractivity contribution in [2.45, 2.75) is 35.1 Å². The minimum absolute atomic E-state index is 0.171. The minimum Gasteiger partial charge on any atom is -0.395 e. The van der Waals surface area contributed by atoms with Gasteiger partial charge in [-0.2, -0.15) is 0 Å². The molecule has 1 saturated heterocycles.